The summed E-state index contributed by atoms with van der Waals surface area (Å²) in [5.74, 6) is -0.933. The average molecular weight is 458 g/mol. The molecule has 2 rings (SSSR count). The molecule has 2 aromatic rings. The van der Waals surface area contributed by atoms with Crippen molar-refractivity contribution in [3.8, 4) is 5.75 Å². The Morgan fingerprint density at radius 3 is 2.63 bits per heavy atom. The lowest BCUT2D eigenvalue weighted by Crippen LogP contribution is -2.48. The van der Waals surface area contributed by atoms with Crippen molar-refractivity contribution in [3.63, 3.8) is 0 Å². The van der Waals surface area contributed by atoms with Gasteiger partial charge in [0.2, 0.25) is 5.91 Å². The third-order valence-corrected chi connectivity index (χ3v) is 4.75. The van der Waals surface area contributed by atoms with Gasteiger partial charge in [-0.3, -0.25) is 9.59 Å². The maximum Gasteiger partial charge on any atom is 0.261 e. The second-order valence-electron chi connectivity index (χ2n) is 5.77. The molecule has 0 fully saturated rings. The molecule has 0 aliphatic rings. The Kier molecular flexibility index (Phi) is 7.62. The van der Waals surface area contributed by atoms with Gasteiger partial charge in [-0.05, 0) is 31.2 Å². The summed E-state index contributed by atoms with van der Waals surface area (Å²) in [4.78, 5) is 26.0. The van der Waals surface area contributed by atoms with E-state index >= 15 is 0 Å². The molecular formula is C19H19BrClFN2O3. The molecular weight excluding hydrogens is 439 g/mol. The summed E-state index contributed by atoms with van der Waals surface area (Å²) in [6.07, 6.45) is 0. The Balaban J connectivity index is 2.17. The summed E-state index contributed by atoms with van der Waals surface area (Å²) >= 11 is 9.38. The van der Waals surface area contributed by atoms with Crippen LogP contribution in [0.1, 0.15) is 12.5 Å². The Hall–Kier alpha value is -2.12. The maximum atomic E-state index is 14.0. The third kappa shape index (κ3) is 5.68. The average Bonchev–Trinajstić information content (AvgIpc) is 2.65. The fourth-order valence-corrected chi connectivity index (χ4v) is 3.14. The molecule has 2 aromatic carbocycles. The van der Waals surface area contributed by atoms with Crippen LogP contribution in [-0.2, 0) is 16.1 Å². The molecule has 0 aromatic heterocycles. The number of hydrogen-bond acceptors (Lipinski definition) is 3. The van der Waals surface area contributed by atoms with E-state index < -0.39 is 17.8 Å². The molecule has 2 amide bonds. The molecule has 0 spiro atoms. The molecule has 1 atom stereocenters. The number of rotatable bonds is 7. The van der Waals surface area contributed by atoms with E-state index in [-0.39, 0.29) is 19.1 Å². The summed E-state index contributed by atoms with van der Waals surface area (Å²) in [6, 6.07) is 10.3. The molecule has 0 saturated heterocycles. The number of carbonyl (C=O) groups is 2. The topological polar surface area (TPSA) is 58.6 Å². The molecule has 144 valence electrons. The van der Waals surface area contributed by atoms with E-state index in [1.165, 1.54) is 18.0 Å². The number of ether oxygens (including phenoxy) is 1. The maximum absolute atomic E-state index is 14.0. The molecule has 1 N–H and O–H groups in total. The van der Waals surface area contributed by atoms with Gasteiger partial charge in [0.15, 0.2) is 6.61 Å². The van der Waals surface area contributed by atoms with E-state index in [1.807, 2.05) is 0 Å². The van der Waals surface area contributed by atoms with Crippen LogP contribution in [0.15, 0.2) is 46.9 Å². The second-order valence-corrected chi connectivity index (χ2v) is 7.09. The van der Waals surface area contributed by atoms with E-state index in [0.717, 1.165) is 4.47 Å². The molecule has 27 heavy (non-hydrogen) atoms. The Labute approximate surface area is 170 Å². The van der Waals surface area contributed by atoms with Crippen molar-refractivity contribution in [1.29, 1.82) is 0 Å². The Morgan fingerprint density at radius 1 is 1.30 bits per heavy atom. The van der Waals surface area contributed by atoms with Crippen LogP contribution in [0.3, 0.4) is 0 Å². The number of amides is 2. The van der Waals surface area contributed by atoms with E-state index in [1.54, 1.807) is 43.3 Å². The fourth-order valence-electron chi connectivity index (χ4n) is 2.42. The van der Waals surface area contributed by atoms with Gasteiger partial charge in [0, 0.05) is 23.6 Å². The normalized spacial score (nSPS) is 11.6. The predicted molar refractivity (Wildman–Crippen MR) is 105 cm³/mol. The highest BCUT2D eigenvalue weighted by Gasteiger charge is 2.26. The number of carbonyl (C=O) groups excluding carboxylic acids is 2. The number of nitrogens with one attached hydrogen (secondary N) is 1. The molecule has 5 nitrogen and oxygen atoms in total. The molecule has 0 unspecified atom stereocenters. The second kappa shape index (κ2) is 9.71. The van der Waals surface area contributed by atoms with Gasteiger partial charge >= 0.3 is 0 Å². The lowest BCUT2D eigenvalue weighted by atomic mass is 10.1. The van der Waals surface area contributed by atoms with Gasteiger partial charge in [0.1, 0.15) is 17.6 Å². The predicted octanol–water partition coefficient (Wildman–Crippen LogP) is 3.78. The molecule has 0 radical (unpaired) electrons. The number of likely N-dealkylation sites (N-methyl/N-ethyl adjacent to an activating group) is 1. The van der Waals surface area contributed by atoms with Crippen molar-refractivity contribution in [2.75, 3.05) is 13.7 Å². The molecule has 0 heterocycles. The standard InChI is InChI=1S/C19H19BrClFN2O3/c1-12(19(26)23-2)24(10-13-5-3-4-6-16(13)22)18(25)11-27-17-8-7-14(20)9-15(17)21/h3-9,12H,10-11H2,1-2H3,(H,23,26)/t12-/m0/s1. The fraction of sp³-hybridized carbons (Fsp3) is 0.263. The van der Waals surface area contributed by atoms with Gasteiger partial charge in [-0.2, -0.15) is 0 Å². The summed E-state index contributed by atoms with van der Waals surface area (Å²) in [5.41, 5.74) is 0.309. The van der Waals surface area contributed by atoms with Gasteiger partial charge in [-0.1, -0.05) is 45.7 Å². The van der Waals surface area contributed by atoms with Crippen molar-refractivity contribution in [2.45, 2.75) is 19.5 Å². The van der Waals surface area contributed by atoms with E-state index in [9.17, 15) is 14.0 Å². The Morgan fingerprint density at radius 2 is 2.00 bits per heavy atom. The minimum absolute atomic E-state index is 0.0580. The first kappa shape index (κ1) is 21.2. The number of hydrogen-bond donors (Lipinski definition) is 1. The Bertz CT molecular complexity index is 834. The van der Waals surface area contributed by atoms with Crippen molar-refractivity contribution >= 4 is 39.3 Å². The molecule has 0 saturated carbocycles. The van der Waals surface area contributed by atoms with Crippen LogP contribution in [0.2, 0.25) is 5.02 Å². The van der Waals surface area contributed by atoms with Crippen LogP contribution in [0, 0.1) is 5.82 Å². The summed E-state index contributed by atoms with van der Waals surface area (Å²) in [6.45, 7) is 1.18. The smallest absolute Gasteiger partial charge is 0.261 e. The lowest BCUT2D eigenvalue weighted by molar-refractivity contribution is -0.142. The van der Waals surface area contributed by atoms with Gasteiger partial charge in [0.25, 0.3) is 5.91 Å². The van der Waals surface area contributed by atoms with Gasteiger partial charge < -0.3 is 15.0 Å². The first-order valence-electron chi connectivity index (χ1n) is 8.15. The molecule has 0 bridgehead atoms. The van der Waals surface area contributed by atoms with Crippen molar-refractivity contribution in [2.24, 2.45) is 0 Å². The monoisotopic (exact) mass is 456 g/mol. The SMILES string of the molecule is CNC(=O)[C@H](C)N(Cc1ccccc1F)C(=O)COc1ccc(Br)cc1Cl. The van der Waals surface area contributed by atoms with Gasteiger partial charge in [-0.15, -0.1) is 0 Å². The van der Waals surface area contributed by atoms with Crippen LogP contribution in [0.4, 0.5) is 4.39 Å². The quantitative estimate of drug-likeness (QED) is 0.688. The summed E-state index contributed by atoms with van der Waals surface area (Å²) in [7, 11) is 1.47. The van der Waals surface area contributed by atoms with Crippen LogP contribution >= 0.6 is 27.5 Å². The van der Waals surface area contributed by atoms with Gasteiger partial charge in [-0.25, -0.2) is 4.39 Å². The van der Waals surface area contributed by atoms with E-state index in [2.05, 4.69) is 21.2 Å². The zero-order valence-electron chi connectivity index (χ0n) is 14.8. The third-order valence-electron chi connectivity index (χ3n) is 3.96. The molecule has 8 heteroatoms. The zero-order valence-corrected chi connectivity index (χ0v) is 17.2. The van der Waals surface area contributed by atoms with Crippen LogP contribution < -0.4 is 10.1 Å². The first-order chi connectivity index (χ1) is 12.8. The zero-order chi connectivity index (χ0) is 20.0. The largest absolute Gasteiger partial charge is 0.482 e. The van der Waals surface area contributed by atoms with Crippen molar-refractivity contribution < 1.29 is 18.7 Å². The van der Waals surface area contributed by atoms with Crippen LogP contribution in [0.25, 0.3) is 0 Å². The van der Waals surface area contributed by atoms with E-state index in [0.29, 0.717) is 16.3 Å². The minimum atomic E-state index is -0.800. The molecule has 0 aliphatic heterocycles. The summed E-state index contributed by atoms with van der Waals surface area (Å²) in [5, 5.41) is 2.84. The van der Waals surface area contributed by atoms with Crippen molar-refractivity contribution in [1.82, 2.24) is 10.2 Å². The number of benzene rings is 2. The number of nitrogens with zero attached hydrogens (tertiary/aromatic N) is 1. The highest BCUT2D eigenvalue weighted by atomic mass is 79.9. The van der Waals surface area contributed by atoms with Crippen molar-refractivity contribution in [3.05, 3.63) is 63.3 Å². The van der Waals surface area contributed by atoms with Gasteiger partial charge in [0.05, 0.1) is 5.02 Å². The molecule has 0 aliphatic carbocycles. The minimum Gasteiger partial charge on any atom is -0.482 e. The first-order valence-corrected chi connectivity index (χ1v) is 9.33. The number of halogens is 3. The van der Waals surface area contributed by atoms with E-state index in [4.69, 9.17) is 16.3 Å². The lowest BCUT2D eigenvalue weighted by Gasteiger charge is -2.28. The van der Waals surface area contributed by atoms with Crippen LogP contribution in [-0.4, -0.2) is 36.4 Å². The highest BCUT2D eigenvalue weighted by molar-refractivity contribution is 9.10. The van der Waals surface area contributed by atoms with Crippen LogP contribution in [0.5, 0.6) is 5.75 Å². The summed E-state index contributed by atoms with van der Waals surface area (Å²) < 4.78 is 20.3. The highest BCUT2D eigenvalue weighted by Crippen LogP contribution is 2.27.